The number of rotatable bonds is 6. The highest BCUT2D eigenvalue weighted by molar-refractivity contribution is 5.98. The van der Waals surface area contributed by atoms with Gasteiger partial charge in [-0.3, -0.25) is 14.1 Å². The number of carbonyl (C=O) groups is 1. The minimum atomic E-state index is -0.102. The third kappa shape index (κ3) is 4.88. The van der Waals surface area contributed by atoms with E-state index in [9.17, 15) is 4.79 Å². The zero-order chi connectivity index (χ0) is 27.8. The van der Waals surface area contributed by atoms with E-state index in [2.05, 4.69) is 61.9 Å². The molecule has 10 heteroatoms. The van der Waals surface area contributed by atoms with E-state index in [4.69, 9.17) is 15.2 Å². The molecular formula is C31H27N9O. The molecule has 41 heavy (non-hydrogen) atoms. The zero-order valence-corrected chi connectivity index (χ0v) is 22.3. The molecule has 0 aliphatic carbocycles. The normalized spacial score (nSPS) is 15.4. The quantitative estimate of drug-likeness (QED) is 0.330. The molecule has 1 amide bonds. The summed E-state index contributed by atoms with van der Waals surface area (Å²) < 4.78 is 1.93. The first-order valence-electron chi connectivity index (χ1n) is 13.7. The number of imidazole rings is 1. The van der Waals surface area contributed by atoms with Crippen LogP contribution in [-0.4, -0.2) is 54.3 Å². The zero-order valence-electron chi connectivity index (χ0n) is 22.3. The van der Waals surface area contributed by atoms with Crippen molar-refractivity contribution in [3.05, 3.63) is 95.7 Å². The molecular weight excluding hydrogens is 514 g/mol. The van der Waals surface area contributed by atoms with Gasteiger partial charge in [-0.15, -0.1) is 0 Å². The summed E-state index contributed by atoms with van der Waals surface area (Å²) in [6.07, 6.45) is 5.48. The maximum absolute atomic E-state index is 12.4. The maximum atomic E-state index is 12.4. The van der Waals surface area contributed by atoms with Crippen molar-refractivity contribution < 1.29 is 4.79 Å². The summed E-state index contributed by atoms with van der Waals surface area (Å²) in [5, 5.41) is 15.3. The van der Waals surface area contributed by atoms with Gasteiger partial charge in [-0.1, -0.05) is 54.6 Å². The maximum Gasteiger partial charge on any atom is 0.255 e. The summed E-state index contributed by atoms with van der Waals surface area (Å²) in [7, 11) is 0. The second kappa shape index (κ2) is 10.4. The molecule has 0 unspecified atom stereocenters. The summed E-state index contributed by atoms with van der Waals surface area (Å²) in [5.74, 6) is 1.37. The summed E-state index contributed by atoms with van der Waals surface area (Å²) in [6.45, 7) is 3.26. The Labute approximate surface area is 236 Å². The summed E-state index contributed by atoms with van der Waals surface area (Å²) in [5.41, 5.74) is 6.36. The first-order chi connectivity index (χ1) is 20.1. The molecule has 0 radical (unpaired) electrons. The monoisotopic (exact) mass is 541 g/mol. The van der Waals surface area contributed by atoms with Crippen LogP contribution in [-0.2, 0) is 13.1 Å². The van der Waals surface area contributed by atoms with E-state index < -0.39 is 0 Å². The van der Waals surface area contributed by atoms with Crippen LogP contribution < -0.4 is 10.6 Å². The van der Waals surface area contributed by atoms with E-state index in [1.807, 2.05) is 34.9 Å². The lowest BCUT2D eigenvalue weighted by Gasteiger charge is -2.32. The molecule has 5 aromatic rings. The van der Waals surface area contributed by atoms with Crippen molar-refractivity contribution >= 4 is 17.5 Å². The molecule has 7 rings (SSSR count). The number of benzene rings is 2. The van der Waals surface area contributed by atoms with Crippen LogP contribution in [0, 0.1) is 11.3 Å². The number of aromatic nitrogens is 5. The topological polar surface area (TPSA) is 124 Å². The number of nitrogens with zero attached hydrogens (tertiary/aromatic N) is 7. The molecule has 0 saturated carbocycles. The molecule has 1 fully saturated rings. The summed E-state index contributed by atoms with van der Waals surface area (Å²) in [6, 6.07) is 22.8. The number of nitrogens with one attached hydrogen (secondary N) is 2. The van der Waals surface area contributed by atoms with Gasteiger partial charge >= 0.3 is 0 Å². The van der Waals surface area contributed by atoms with Gasteiger partial charge in [0.1, 0.15) is 11.9 Å². The molecule has 2 aromatic carbocycles. The molecule has 202 valence electrons. The second-order valence-corrected chi connectivity index (χ2v) is 10.4. The van der Waals surface area contributed by atoms with Crippen LogP contribution in [0.3, 0.4) is 0 Å². The smallest absolute Gasteiger partial charge is 0.255 e. The molecule has 1 saturated heterocycles. The lowest BCUT2D eigenvalue weighted by Crippen LogP contribution is -2.38. The van der Waals surface area contributed by atoms with Gasteiger partial charge < -0.3 is 10.6 Å². The lowest BCUT2D eigenvalue weighted by molar-refractivity contribution is 0.0965. The molecule has 2 aliphatic heterocycles. The fourth-order valence-corrected chi connectivity index (χ4v) is 5.63. The molecule has 0 spiro atoms. The Morgan fingerprint density at radius 1 is 0.976 bits per heavy atom. The number of anilines is 1. The van der Waals surface area contributed by atoms with Crippen LogP contribution in [0.15, 0.2) is 73.1 Å². The average Bonchev–Trinajstić information content (AvgIpc) is 3.57. The second-order valence-electron chi connectivity index (χ2n) is 10.4. The molecule has 5 heterocycles. The van der Waals surface area contributed by atoms with Crippen LogP contribution in [0.1, 0.15) is 40.3 Å². The van der Waals surface area contributed by atoms with E-state index in [0.29, 0.717) is 29.7 Å². The van der Waals surface area contributed by atoms with Gasteiger partial charge in [-0.25, -0.2) is 19.9 Å². The summed E-state index contributed by atoms with van der Waals surface area (Å²) in [4.78, 5) is 32.6. The molecule has 10 nitrogen and oxygen atoms in total. The van der Waals surface area contributed by atoms with Crippen LogP contribution in [0.2, 0.25) is 0 Å². The predicted octanol–water partition coefficient (Wildman–Crippen LogP) is 4.04. The van der Waals surface area contributed by atoms with Crippen molar-refractivity contribution in [1.29, 1.82) is 5.26 Å². The van der Waals surface area contributed by atoms with Crippen molar-refractivity contribution in [2.24, 2.45) is 0 Å². The Balaban J connectivity index is 1.09. The third-order valence-electron chi connectivity index (χ3n) is 7.73. The van der Waals surface area contributed by atoms with Crippen molar-refractivity contribution in [2.45, 2.75) is 32.0 Å². The van der Waals surface area contributed by atoms with Crippen molar-refractivity contribution in [3.63, 3.8) is 0 Å². The Hall–Kier alpha value is -5.14. The van der Waals surface area contributed by atoms with E-state index in [1.165, 1.54) is 5.56 Å². The van der Waals surface area contributed by atoms with Crippen molar-refractivity contribution in [2.75, 3.05) is 18.4 Å². The highest BCUT2D eigenvalue weighted by atomic mass is 16.1. The van der Waals surface area contributed by atoms with Gasteiger partial charge in [0.2, 0.25) is 11.6 Å². The molecule has 2 aliphatic rings. The number of likely N-dealkylation sites (tertiary alicyclic amines) is 1. The van der Waals surface area contributed by atoms with Gasteiger partial charge in [0.05, 0.1) is 29.2 Å². The minimum Gasteiger partial charge on any atom is -0.367 e. The van der Waals surface area contributed by atoms with Gasteiger partial charge in [0.25, 0.3) is 5.91 Å². The van der Waals surface area contributed by atoms with Crippen LogP contribution in [0.5, 0.6) is 0 Å². The molecule has 0 bridgehead atoms. The van der Waals surface area contributed by atoms with Crippen molar-refractivity contribution in [1.82, 2.24) is 34.6 Å². The largest absolute Gasteiger partial charge is 0.367 e. The minimum absolute atomic E-state index is 0.102. The van der Waals surface area contributed by atoms with Gasteiger partial charge in [-0.05, 0) is 24.5 Å². The molecule has 0 atom stereocenters. The number of piperidine rings is 1. The Morgan fingerprint density at radius 3 is 2.56 bits per heavy atom. The molecule has 3 aromatic heterocycles. The summed E-state index contributed by atoms with van der Waals surface area (Å²) >= 11 is 0. The standard InChI is InChI=1S/C31H27N9O/c32-16-27-33-13-10-26(37-27)35-23-11-14-39(15-12-23)18-20-6-8-21(9-7-20)28-29(22-4-2-1-3-5-22)40-19-24-25(17-34-30(24)41)36-31(40)38-28/h1-10,13,19,23H,11-12,14-15,17-18H2,(H,34,41)(H,33,35,37). The van der Waals surface area contributed by atoms with Crippen molar-refractivity contribution in [3.8, 4) is 28.6 Å². The Bertz CT molecular complexity index is 1780. The number of nitriles is 1. The number of hydrogen-bond acceptors (Lipinski definition) is 8. The highest BCUT2D eigenvalue weighted by Crippen LogP contribution is 2.33. The van der Waals surface area contributed by atoms with Gasteiger partial charge in [0.15, 0.2) is 0 Å². The first kappa shape index (κ1) is 24.9. The third-order valence-corrected chi connectivity index (χ3v) is 7.73. The number of hydrogen-bond donors (Lipinski definition) is 2. The number of fused-ring (bicyclic) bond motifs is 2. The van der Waals surface area contributed by atoms with Gasteiger partial charge in [0, 0.05) is 49.2 Å². The van der Waals surface area contributed by atoms with Crippen LogP contribution in [0.4, 0.5) is 5.82 Å². The van der Waals surface area contributed by atoms with E-state index in [-0.39, 0.29) is 11.7 Å². The number of carbonyl (C=O) groups excluding carboxylic acids is 1. The number of amides is 1. The fourth-order valence-electron chi connectivity index (χ4n) is 5.63. The van der Waals surface area contributed by atoms with E-state index in [0.717, 1.165) is 60.7 Å². The van der Waals surface area contributed by atoms with Crippen LogP contribution >= 0.6 is 0 Å². The first-order valence-corrected chi connectivity index (χ1v) is 13.7. The highest BCUT2D eigenvalue weighted by Gasteiger charge is 2.25. The van der Waals surface area contributed by atoms with Crippen LogP contribution in [0.25, 0.3) is 28.3 Å². The predicted molar refractivity (Wildman–Crippen MR) is 154 cm³/mol. The SMILES string of the molecule is N#Cc1nccc(NC2CCN(Cc3ccc(-c4nc5nc6c(cn5c4-c4ccccc4)C(=O)NC6)cc3)CC2)n1. The fraction of sp³-hybridized carbons (Fsp3) is 0.226. The van der Waals surface area contributed by atoms with E-state index >= 15 is 0 Å². The van der Waals surface area contributed by atoms with Gasteiger partial charge in [-0.2, -0.15) is 5.26 Å². The van der Waals surface area contributed by atoms with E-state index in [1.54, 1.807) is 12.3 Å². The Morgan fingerprint density at radius 2 is 1.78 bits per heavy atom. The molecule has 2 N–H and O–H groups in total. The lowest BCUT2D eigenvalue weighted by atomic mass is 10.0. The average molecular weight is 542 g/mol. The Kier molecular flexibility index (Phi) is 6.34.